The van der Waals surface area contributed by atoms with Crippen molar-refractivity contribution in [1.29, 1.82) is 0 Å². The molecule has 1 rings (SSSR count). The van der Waals surface area contributed by atoms with Gasteiger partial charge >= 0.3 is 0 Å². The average molecular weight is 806 g/mol. The van der Waals surface area contributed by atoms with E-state index in [2.05, 4.69) is 67.8 Å². The van der Waals surface area contributed by atoms with E-state index in [0.717, 1.165) is 77.0 Å². The Hall–Kier alpha value is -1.85. The molecule has 332 valence electrons. The van der Waals surface area contributed by atoms with Crippen LogP contribution in [0.2, 0.25) is 0 Å². The van der Waals surface area contributed by atoms with E-state index in [1.807, 2.05) is 0 Å². The Bertz CT molecular complexity index is 1030. The predicted molar refractivity (Wildman–Crippen MR) is 235 cm³/mol. The normalized spacial score (nSPS) is 21.4. The molecule has 0 saturated carbocycles. The number of rotatable bonds is 38. The maximum Gasteiger partial charge on any atom is 0.220 e. The molecule has 0 spiro atoms. The van der Waals surface area contributed by atoms with E-state index in [9.17, 15) is 30.3 Å². The fraction of sp³-hybridized carbons (Fsp3) is 0.812. The monoisotopic (exact) mass is 806 g/mol. The third-order valence-electron chi connectivity index (χ3n) is 10.9. The third kappa shape index (κ3) is 29.1. The van der Waals surface area contributed by atoms with Gasteiger partial charge in [0.2, 0.25) is 5.91 Å². The highest BCUT2D eigenvalue weighted by molar-refractivity contribution is 5.76. The summed E-state index contributed by atoms with van der Waals surface area (Å²) in [6, 6.07) is -0.714. The molecule has 1 amide bonds. The number of carbonyl (C=O) groups excluding carboxylic acids is 1. The van der Waals surface area contributed by atoms with Crippen molar-refractivity contribution < 1.29 is 39.8 Å². The SMILES string of the molecule is CC/C=C\C/C=C\C/C=C\C/C=C\CCCCCCCCCCCCCCCCCCC(=O)NC(COC1OC(CO)C(O)C(O)C1O)C(O)CCCCCCC. The lowest BCUT2D eigenvalue weighted by Gasteiger charge is -2.40. The summed E-state index contributed by atoms with van der Waals surface area (Å²) in [7, 11) is 0. The van der Waals surface area contributed by atoms with Crippen LogP contribution in [0.3, 0.4) is 0 Å². The maximum absolute atomic E-state index is 12.9. The second-order valence-electron chi connectivity index (χ2n) is 16.2. The van der Waals surface area contributed by atoms with E-state index in [-0.39, 0.29) is 12.5 Å². The summed E-state index contributed by atoms with van der Waals surface area (Å²) in [5, 5.41) is 53.9. The first-order valence-electron chi connectivity index (χ1n) is 23.3. The molecule has 0 aromatic heterocycles. The number of nitrogens with one attached hydrogen (secondary N) is 1. The van der Waals surface area contributed by atoms with E-state index < -0.39 is 49.5 Å². The van der Waals surface area contributed by atoms with E-state index in [4.69, 9.17) is 9.47 Å². The summed E-state index contributed by atoms with van der Waals surface area (Å²) in [6.45, 7) is 3.62. The van der Waals surface area contributed by atoms with Gasteiger partial charge in [-0.15, -0.1) is 0 Å². The molecular formula is C48H87NO8. The van der Waals surface area contributed by atoms with Gasteiger partial charge in [0.15, 0.2) is 6.29 Å². The molecule has 0 aromatic rings. The minimum absolute atomic E-state index is 0.140. The molecule has 9 nitrogen and oxygen atoms in total. The summed E-state index contributed by atoms with van der Waals surface area (Å²) in [6.07, 6.45) is 41.9. The van der Waals surface area contributed by atoms with Crippen LogP contribution in [0.4, 0.5) is 0 Å². The van der Waals surface area contributed by atoms with Gasteiger partial charge in [-0.2, -0.15) is 0 Å². The fourth-order valence-electron chi connectivity index (χ4n) is 7.21. The Morgan fingerprint density at radius 3 is 1.61 bits per heavy atom. The van der Waals surface area contributed by atoms with Crippen molar-refractivity contribution in [1.82, 2.24) is 5.32 Å². The van der Waals surface area contributed by atoms with Crippen LogP contribution in [0, 0.1) is 0 Å². The van der Waals surface area contributed by atoms with Crippen LogP contribution in [0.15, 0.2) is 48.6 Å². The van der Waals surface area contributed by atoms with Gasteiger partial charge in [-0.1, -0.05) is 184 Å². The maximum atomic E-state index is 12.9. The van der Waals surface area contributed by atoms with Gasteiger partial charge in [0, 0.05) is 6.42 Å². The summed E-state index contributed by atoms with van der Waals surface area (Å²) in [4.78, 5) is 12.9. The Morgan fingerprint density at radius 2 is 1.09 bits per heavy atom. The topological polar surface area (TPSA) is 149 Å². The second kappa shape index (κ2) is 38.4. The molecule has 1 saturated heterocycles. The van der Waals surface area contributed by atoms with Crippen molar-refractivity contribution in [2.75, 3.05) is 13.2 Å². The average Bonchev–Trinajstić information content (AvgIpc) is 3.21. The van der Waals surface area contributed by atoms with Crippen molar-refractivity contribution in [3.63, 3.8) is 0 Å². The van der Waals surface area contributed by atoms with Crippen LogP contribution in [-0.2, 0) is 14.3 Å². The molecule has 9 heteroatoms. The summed E-state index contributed by atoms with van der Waals surface area (Å²) < 4.78 is 11.2. The largest absolute Gasteiger partial charge is 0.394 e. The molecule has 1 aliphatic rings. The minimum Gasteiger partial charge on any atom is -0.394 e. The highest BCUT2D eigenvalue weighted by atomic mass is 16.7. The van der Waals surface area contributed by atoms with Crippen molar-refractivity contribution in [2.45, 2.75) is 236 Å². The predicted octanol–water partition coefficient (Wildman–Crippen LogP) is 9.84. The summed E-state index contributed by atoms with van der Waals surface area (Å²) in [5.74, 6) is -0.153. The van der Waals surface area contributed by atoms with Crippen LogP contribution in [0.5, 0.6) is 0 Å². The van der Waals surface area contributed by atoms with Gasteiger partial charge in [0.05, 0.1) is 25.4 Å². The Labute approximate surface area is 348 Å². The molecule has 1 aliphatic heterocycles. The number of carbonyl (C=O) groups is 1. The van der Waals surface area contributed by atoms with Gasteiger partial charge < -0.3 is 40.3 Å². The highest BCUT2D eigenvalue weighted by Crippen LogP contribution is 2.23. The quantitative estimate of drug-likeness (QED) is 0.0267. The van der Waals surface area contributed by atoms with Gasteiger partial charge in [-0.25, -0.2) is 0 Å². The molecule has 57 heavy (non-hydrogen) atoms. The zero-order valence-corrected chi connectivity index (χ0v) is 36.3. The minimum atomic E-state index is -1.55. The van der Waals surface area contributed by atoms with Gasteiger partial charge in [0.1, 0.15) is 24.4 Å². The zero-order valence-electron chi connectivity index (χ0n) is 36.3. The van der Waals surface area contributed by atoms with E-state index in [0.29, 0.717) is 12.8 Å². The Kier molecular flexibility index (Phi) is 35.8. The molecule has 0 aromatic carbocycles. The highest BCUT2D eigenvalue weighted by Gasteiger charge is 2.44. The van der Waals surface area contributed by atoms with Crippen LogP contribution in [0.25, 0.3) is 0 Å². The molecule has 0 aliphatic carbocycles. The molecular weight excluding hydrogens is 719 g/mol. The molecule has 0 bridgehead atoms. The molecule has 1 fully saturated rings. The van der Waals surface area contributed by atoms with Gasteiger partial charge in [-0.05, 0) is 51.4 Å². The van der Waals surface area contributed by atoms with Crippen LogP contribution < -0.4 is 5.32 Å². The first-order valence-corrected chi connectivity index (χ1v) is 23.3. The van der Waals surface area contributed by atoms with E-state index in [1.54, 1.807) is 0 Å². The lowest BCUT2D eigenvalue weighted by atomic mass is 9.99. The van der Waals surface area contributed by atoms with Crippen LogP contribution >= 0.6 is 0 Å². The number of unbranched alkanes of at least 4 members (excludes halogenated alkanes) is 20. The number of ether oxygens (including phenoxy) is 2. The number of hydrogen-bond donors (Lipinski definition) is 6. The van der Waals surface area contributed by atoms with E-state index >= 15 is 0 Å². The lowest BCUT2D eigenvalue weighted by Crippen LogP contribution is -2.60. The van der Waals surface area contributed by atoms with Crippen molar-refractivity contribution in [3.8, 4) is 0 Å². The van der Waals surface area contributed by atoms with Crippen LogP contribution in [0.1, 0.15) is 194 Å². The molecule has 7 atom stereocenters. The molecule has 6 N–H and O–H groups in total. The molecule has 1 heterocycles. The lowest BCUT2D eigenvalue weighted by molar-refractivity contribution is -0.302. The third-order valence-corrected chi connectivity index (χ3v) is 10.9. The molecule has 0 radical (unpaired) electrons. The zero-order chi connectivity index (χ0) is 41.6. The standard InChI is InChI=1S/C48H87NO8/c1-3-5-7-9-10-11-12-13-14-15-16-17-18-19-20-21-22-23-24-25-26-27-28-29-30-31-32-34-36-38-44(52)49-41(42(51)37-35-33-8-6-4-2)40-56-48-47(55)46(54)45(53)43(39-50)57-48/h5,7,10-11,13-14,16-17,41-43,45-48,50-51,53-55H,3-4,6,8-9,12,15,18-40H2,1-2H3,(H,49,52)/b7-5-,11-10-,14-13-,17-16-. The Balaban J connectivity index is 2.07. The summed E-state index contributed by atoms with van der Waals surface area (Å²) >= 11 is 0. The number of allylic oxidation sites excluding steroid dienone is 8. The number of aliphatic hydroxyl groups is 5. The number of aliphatic hydroxyl groups excluding tert-OH is 5. The van der Waals surface area contributed by atoms with Gasteiger partial charge in [-0.3, -0.25) is 4.79 Å². The molecule has 7 unspecified atom stereocenters. The Morgan fingerprint density at radius 1 is 0.614 bits per heavy atom. The van der Waals surface area contributed by atoms with Gasteiger partial charge in [0.25, 0.3) is 0 Å². The number of hydrogen-bond acceptors (Lipinski definition) is 8. The summed E-state index contributed by atoms with van der Waals surface area (Å²) in [5.41, 5.74) is 0. The number of amides is 1. The van der Waals surface area contributed by atoms with Crippen LogP contribution in [-0.4, -0.2) is 87.5 Å². The smallest absolute Gasteiger partial charge is 0.220 e. The van der Waals surface area contributed by atoms with Crippen molar-refractivity contribution in [2.24, 2.45) is 0 Å². The van der Waals surface area contributed by atoms with Crippen molar-refractivity contribution >= 4 is 5.91 Å². The first kappa shape index (κ1) is 53.2. The van der Waals surface area contributed by atoms with E-state index in [1.165, 1.54) is 89.9 Å². The van der Waals surface area contributed by atoms with Crippen molar-refractivity contribution in [3.05, 3.63) is 48.6 Å². The fourth-order valence-corrected chi connectivity index (χ4v) is 7.21. The first-order chi connectivity index (χ1) is 27.8. The second-order valence-corrected chi connectivity index (χ2v) is 16.2.